The lowest BCUT2D eigenvalue weighted by molar-refractivity contribution is -0.388. The van der Waals surface area contributed by atoms with E-state index in [0.29, 0.717) is 6.07 Å². The van der Waals surface area contributed by atoms with Crippen molar-refractivity contribution in [1.29, 1.82) is 0 Å². The van der Waals surface area contributed by atoms with E-state index < -0.39 is 31.3 Å². The van der Waals surface area contributed by atoms with Crippen molar-refractivity contribution in [3.63, 3.8) is 0 Å². The fourth-order valence-electron chi connectivity index (χ4n) is 0.924. The first-order valence-corrected chi connectivity index (χ1v) is 5.03. The van der Waals surface area contributed by atoms with Crippen molar-refractivity contribution < 1.29 is 17.7 Å². The highest BCUT2D eigenvalue weighted by atomic mass is 32.2. The first-order chi connectivity index (χ1) is 6.88. The maximum absolute atomic E-state index is 12.6. The largest absolute Gasteiger partial charge is 0.292 e. The van der Waals surface area contributed by atoms with Crippen LogP contribution in [0.25, 0.3) is 0 Å². The molecule has 1 aromatic rings. The molecule has 3 N–H and O–H groups in total. The van der Waals surface area contributed by atoms with Crippen LogP contribution >= 0.6 is 0 Å². The predicted octanol–water partition coefficient (Wildman–Crippen LogP) is -0.114. The predicted molar refractivity (Wildman–Crippen MR) is 47.6 cm³/mol. The Morgan fingerprint density at radius 1 is 1.47 bits per heavy atom. The molecule has 0 aliphatic carbocycles. The molecule has 9 heteroatoms. The van der Waals surface area contributed by atoms with Crippen molar-refractivity contribution in [2.24, 2.45) is 5.84 Å². The molecule has 1 rings (SSSR count). The van der Waals surface area contributed by atoms with E-state index >= 15 is 0 Å². The van der Waals surface area contributed by atoms with E-state index in [2.05, 4.69) is 0 Å². The van der Waals surface area contributed by atoms with Gasteiger partial charge in [0.05, 0.1) is 11.0 Å². The van der Waals surface area contributed by atoms with Gasteiger partial charge in [0.2, 0.25) is 0 Å². The van der Waals surface area contributed by atoms with Gasteiger partial charge in [-0.15, -0.1) is 4.83 Å². The molecule has 0 heterocycles. The molecule has 0 saturated carbocycles. The second kappa shape index (κ2) is 3.88. The third kappa shape index (κ3) is 2.26. The Labute approximate surface area is 83.9 Å². The summed E-state index contributed by atoms with van der Waals surface area (Å²) in [5.41, 5.74) is -0.868. The number of sulfonamides is 1. The summed E-state index contributed by atoms with van der Waals surface area (Å²) in [7, 11) is -4.17. The molecule has 15 heavy (non-hydrogen) atoms. The van der Waals surface area contributed by atoms with Crippen molar-refractivity contribution >= 4 is 15.7 Å². The number of hydrazine groups is 1. The van der Waals surface area contributed by atoms with Crippen LogP contribution in [0.4, 0.5) is 10.1 Å². The van der Waals surface area contributed by atoms with Crippen LogP contribution in [0.1, 0.15) is 0 Å². The number of nitrogens with two attached hydrogens (primary N) is 1. The Bertz CT molecular complexity index is 501. The second-order valence-corrected chi connectivity index (χ2v) is 4.17. The van der Waals surface area contributed by atoms with Crippen LogP contribution in [0, 0.1) is 15.9 Å². The third-order valence-corrected chi connectivity index (χ3v) is 2.80. The van der Waals surface area contributed by atoms with Gasteiger partial charge >= 0.3 is 0 Å². The molecule has 0 unspecified atom stereocenters. The summed E-state index contributed by atoms with van der Waals surface area (Å²) in [5, 5.41) is 10.4. The van der Waals surface area contributed by atoms with Gasteiger partial charge in [0, 0.05) is 0 Å². The molecular formula is C6H6FN3O4S. The Morgan fingerprint density at radius 3 is 2.53 bits per heavy atom. The van der Waals surface area contributed by atoms with Crippen molar-refractivity contribution in [1.82, 2.24) is 4.83 Å². The topological polar surface area (TPSA) is 115 Å². The Morgan fingerprint density at radius 2 is 2.07 bits per heavy atom. The van der Waals surface area contributed by atoms with Gasteiger partial charge < -0.3 is 0 Å². The molecular weight excluding hydrogens is 229 g/mol. The van der Waals surface area contributed by atoms with Crippen LogP contribution in [0.3, 0.4) is 0 Å². The van der Waals surface area contributed by atoms with Gasteiger partial charge in [0.25, 0.3) is 15.7 Å². The number of hydrogen-bond acceptors (Lipinski definition) is 5. The summed E-state index contributed by atoms with van der Waals surface area (Å²) in [6.45, 7) is 0. The maximum atomic E-state index is 12.6. The fourth-order valence-corrected chi connectivity index (χ4v) is 1.71. The summed E-state index contributed by atoms with van der Waals surface area (Å²) in [6, 6.07) is 2.06. The van der Waals surface area contributed by atoms with E-state index in [4.69, 9.17) is 5.84 Å². The highest BCUT2D eigenvalue weighted by molar-refractivity contribution is 7.89. The molecule has 1 aromatic carbocycles. The second-order valence-electron chi connectivity index (χ2n) is 2.49. The van der Waals surface area contributed by atoms with Gasteiger partial charge in [0.15, 0.2) is 4.90 Å². The molecule has 0 fully saturated rings. The summed E-state index contributed by atoms with van der Waals surface area (Å²) in [4.78, 5) is 10.2. The zero-order chi connectivity index (χ0) is 11.6. The third-order valence-electron chi connectivity index (χ3n) is 1.56. The number of nitro groups is 1. The van der Waals surface area contributed by atoms with Crippen molar-refractivity contribution in [3.05, 3.63) is 34.1 Å². The van der Waals surface area contributed by atoms with Crippen LogP contribution in [0.5, 0.6) is 0 Å². The van der Waals surface area contributed by atoms with Gasteiger partial charge in [-0.25, -0.2) is 12.8 Å². The Hall–Kier alpha value is -1.58. The lowest BCUT2D eigenvalue weighted by atomic mass is 10.3. The van der Waals surface area contributed by atoms with Gasteiger partial charge in [-0.1, -0.05) is 0 Å². The summed E-state index contributed by atoms with van der Waals surface area (Å²) in [6.07, 6.45) is 0. The standard InChI is InChI=1S/C6H6FN3O4S/c7-4-1-2-6(15(13,14)9-8)5(3-4)10(11)12/h1-3,9H,8H2. The molecule has 0 radical (unpaired) electrons. The minimum absolute atomic E-state index is 0.504. The molecule has 0 aliphatic heterocycles. The molecule has 0 saturated heterocycles. The van der Waals surface area contributed by atoms with Gasteiger partial charge in [0.1, 0.15) is 5.82 Å². The normalized spacial score (nSPS) is 11.3. The minimum atomic E-state index is -4.17. The fraction of sp³-hybridized carbons (Fsp3) is 0. The van der Waals surface area contributed by atoms with Crippen molar-refractivity contribution in [2.45, 2.75) is 4.90 Å². The first kappa shape index (κ1) is 11.5. The maximum Gasteiger partial charge on any atom is 0.292 e. The van der Waals surface area contributed by atoms with Crippen LogP contribution in [-0.4, -0.2) is 13.3 Å². The SMILES string of the molecule is NNS(=O)(=O)c1ccc(F)cc1[N+](=O)[O-]. The van der Waals surface area contributed by atoms with E-state index in [1.165, 1.54) is 4.83 Å². The molecule has 0 aliphatic rings. The first-order valence-electron chi connectivity index (χ1n) is 3.55. The van der Waals surface area contributed by atoms with Gasteiger partial charge in [-0.05, 0) is 12.1 Å². The quantitative estimate of drug-likeness (QED) is 0.430. The van der Waals surface area contributed by atoms with E-state index in [9.17, 15) is 22.9 Å². The minimum Gasteiger partial charge on any atom is -0.258 e. The molecule has 7 nitrogen and oxygen atoms in total. The average molecular weight is 235 g/mol. The number of halogens is 1. The average Bonchev–Trinajstić information content (AvgIpc) is 2.17. The van der Waals surface area contributed by atoms with Gasteiger partial charge in [-0.2, -0.15) is 0 Å². The smallest absolute Gasteiger partial charge is 0.258 e. The van der Waals surface area contributed by atoms with E-state index in [0.717, 1.165) is 12.1 Å². The zero-order valence-electron chi connectivity index (χ0n) is 7.18. The van der Waals surface area contributed by atoms with Crippen LogP contribution in [0.15, 0.2) is 23.1 Å². The molecule has 0 spiro atoms. The molecule has 0 atom stereocenters. The molecule has 82 valence electrons. The monoisotopic (exact) mass is 235 g/mol. The van der Waals surface area contributed by atoms with E-state index in [-0.39, 0.29) is 0 Å². The van der Waals surface area contributed by atoms with Crippen LogP contribution in [-0.2, 0) is 10.0 Å². The Balaban J connectivity index is 3.49. The molecule has 0 bridgehead atoms. The summed E-state index contributed by atoms with van der Waals surface area (Å²) < 4.78 is 35.0. The summed E-state index contributed by atoms with van der Waals surface area (Å²) >= 11 is 0. The molecule has 0 aromatic heterocycles. The van der Waals surface area contributed by atoms with E-state index in [1.54, 1.807) is 0 Å². The number of nitro benzene ring substituents is 1. The molecule has 0 amide bonds. The number of benzene rings is 1. The number of nitrogens with zero attached hydrogens (tertiary/aromatic N) is 1. The summed E-state index contributed by atoms with van der Waals surface area (Å²) in [5.74, 6) is 3.79. The van der Waals surface area contributed by atoms with Crippen molar-refractivity contribution in [2.75, 3.05) is 0 Å². The number of hydrogen-bond donors (Lipinski definition) is 2. The number of rotatable bonds is 3. The van der Waals surface area contributed by atoms with Crippen LogP contribution < -0.4 is 10.7 Å². The van der Waals surface area contributed by atoms with Crippen molar-refractivity contribution in [3.8, 4) is 0 Å². The number of nitrogens with one attached hydrogen (secondary N) is 1. The van der Waals surface area contributed by atoms with Crippen LogP contribution in [0.2, 0.25) is 0 Å². The zero-order valence-corrected chi connectivity index (χ0v) is 7.99. The van der Waals surface area contributed by atoms with E-state index in [1.807, 2.05) is 0 Å². The van der Waals surface area contributed by atoms with Gasteiger partial charge in [-0.3, -0.25) is 16.0 Å². The lowest BCUT2D eigenvalue weighted by Gasteiger charge is -2.02. The Kier molecular flexibility index (Phi) is 2.98. The highest BCUT2D eigenvalue weighted by Crippen LogP contribution is 2.23. The lowest BCUT2D eigenvalue weighted by Crippen LogP contribution is -2.30. The highest BCUT2D eigenvalue weighted by Gasteiger charge is 2.25.